The highest BCUT2D eigenvalue weighted by Crippen LogP contribution is 2.33. The molecular weight excluding hydrogens is 532 g/mol. The lowest BCUT2D eigenvalue weighted by molar-refractivity contribution is -0.174. The van der Waals surface area contributed by atoms with Gasteiger partial charge < -0.3 is 29.0 Å². The van der Waals surface area contributed by atoms with Crippen molar-refractivity contribution in [1.82, 2.24) is 10.3 Å². The SMILES string of the molecule is COc1ccnc(C(=O)NC2CCCC(CCC(C)C)C(OC(=O)C3CCCC3)C(C)OC2=O)c1OCOC(C)=O. The highest BCUT2D eigenvalue weighted by molar-refractivity contribution is 5.98. The lowest BCUT2D eigenvalue weighted by Crippen LogP contribution is -2.45. The van der Waals surface area contributed by atoms with Crippen LogP contribution in [-0.4, -0.2) is 61.0 Å². The molecule has 1 N–H and O–H groups in total. The van der Waals surface area contributed by atoms with E-state index in [4.69, 9.17) is 23.7 Å². The molecule has 1 aromatic rings. The third-order valence-corrected chi connectivity index (χ3v) is 7.71. The molecule has 1 aliphatic carbocycles. The van der Waals surface area contributed by atoms with Crippen LogP contribution in [0.15, 0.2) is 12.3 Å². The van der Waals surface area contributed by atoms with E-state index in [9.17, 15) is 19.2 Å². The molecular formula is C30H44N2O9. The van der Waals surface area contributed by atoms with Gasteiger partial charge >= 0.3 is 17.9 Å². The van der Waals surface area contributed by atoms with E-state index in [0.717, 1.165) is 44.9 Å². The fraction of sp³-hybridized carbons (Fsp3) is 0.700. The number of esters is 3. The Morgan fingerprint density at radius 3 is 2.51 bits per heavy atom. The summed E-state index contributed by atoms with van der Waals surface area (Å²) in [6.07, 6.45) is 7.32. The van der Waals surface area contributed by atoms with Crippen LogP contribution in [0, 0.1) is 17.8 Å². The van der Waals surface area contributed by atoms with Crippen LogP contribution in [0.4, 0.5) is 0 Å². The van der Waals surface area contributed by atoms with Crippen molar-refractivity contribution in [2.75, 3.05) is 13.9 Å². The number of aromatic nitrogens is 1. The van der Waals surface area contributed by atoms with Crippen molar-refractivity contribution >= 4 is 23.8 Å². The summed E-state index contributed by atoms with van der Waals surface area (Å²) in [6, 6.07) is 0.550. The van der Waals surface area contributed by atoms with E-state index >= 15 is 0 Å². The van der Waals surface area contributed by atoms with E-state index in [0.29, 0.717) is 18.8 Å². The molecule has 0 spiro atoms. The monoisotopic (exact) mass is 576 g/mol. The molecule has 2 aliphatic rings. The number of hydrogen-bond donors (Lipinski definition) is 1. The van der Waals surface area contributed by atoms with Crippen molar-refractivity contribution in [3.63, 3.8) is 0 Å². The maximum absolute atomic E-state index is 13.3. The Labute approximate surface area is 242 Å². The summed E-state index contributed by atoms with van der Waals surface area (Å²) in [5, 5.41) is 2.73. The van der Waals surface area contributed by atoms with Crippen LogP contribution < -0.4 is 14.8 Å². The second-order valence-electron chi connectivity index (χ2n) is 11.3. The first kappa shape index (κ1) is 32.1. The fourth-order valence-electron chi connectivity index (χ4n) is 5.44. The molecule has 2 heterocycles. The summed E-state index contributed by atoms with van der Waals surface area (Å²) in [5.74, 6) is -1.45. The van der Waals surface area contributed by atoms with Gasteiger partial charge in [-0.05, 0) is 50.9 Å². The largest absolute Gasteiger partial charge is 0.493 e. The first-order chi connectivity index (χ1) is 19.6. The Hall–Kier alpha value is -3.37. The van der Waals surface area contributed by atoms with Gasteiger partial charge in [0.05, 0.1) is 13.0 Å². The minimum absolute atomic E-state index is 0.0220. The molecule has 4 atom stereocenters. The summed E-state index contributed by atoms with van der Waals surface area (Å²) in [6.45, 7) is 6.84. The summed E-state index contributed by atoms with van der Waals surface area (Å²) in [7, 11) is 1.40. The molecule has 0 aromatic carbocycles. The lowest BCUT2D eigenvalue weighted by Gasteiger charge is -2.32. The average Bonchev–Trinajstić information content (AvgIpc) is 3.48. The lowest BCUT2D eigenvalue weighted by atomic mass is 9.86. The Bertz CT molecular complexity index is 1050. The number of cyclic esters (lactones) is 1. The average molecular weight is 577 g/mol. The zero-order chi connectivity index (χ0) is 29.9. The number of carbonyl (C=O) groups excluding carboxylic acids is 4. The standard InChI is InChI=1S/C30H44N2O9/c1-18(2)13-14-21-11-8-12-23(30(36)40-19(3)26(21)41-29(35)22-9-6-7-10-22)32-28(34)25-27(39-17-38-20(4)33)24(37-5)15-16-31-25/h15-16,18-19,21-23,26H,6-14,17H2,1-5H3,(H,32,34). The number of amides is 1. The molecule has 2 fully saturated rings. The zero-order valence-corrected chi connectivity index (χ0v) is 24.8. The third kappa shape index (κ3) is 9.33. The molecule has 1 amide bonds. The van der Waals surface area contributed by atoms with E-state index < -0.39 is 42.9 Å². The van der Waals surface area contributed by atoms with Crippen molar-refractivity contribution in [3.05, 3.63) is 18.0 Å². The Balaban J connectivity index is 1.77. The van der Waals surface area contributed by atoms with Crippen LogP contribution in [0.25, 0.3) is 0 Å². The predicted octanol–water partition coefficient (Wildman–Crippen LogP) is 4.36. The minimum atomic E-state index is -0.950. The Morgan fingerprint density at radius 1 is 1.12 bits per heavy atom. The topological polar surface area (TPSA) is 139 Å². The van der Waals surface area contributed by atoms with E-state index in [1.54, 1.807) is 6.92 Å². The van der Waals surface area contributed by atoms with Gasteiger partial charge in [0, 0.05) is 19.2 Å². The maximum atomic E-state index is 13.3. The summed E-state index contributed by atoms with van der Waals surface area (Å²) in [4.78, 5) is 54.9. The number of carbonyl (C=O) groups is 4. The van der Waals surface area contributed by atoms with Crippen molar-refractivity contribution in [1.29, 1.82) is 0 Å². The Morgan fingerprint density at radius 2 is 1.85 bits per heavy atom. The summed E-state index contributed by atoms with van der Waals surface area (Å²) < 4.78 is 27.5. The second kappa shape index (κ2) is 15.6. The first-order valence-corrected chi connectivity index (χ1v) is 14.6. The van der Waals surface area contributed by atoms with Gasteiger partial charge in [-0.2, -0.15) is 0 Å². The summed E-state index contributed by atoms with van der Waals surface area (Å²) >= 11 is 0. The van der Waals surface area contributed by atoms with Gasteiger partial charge in [0.15, 0.2) is 17.2 Å². The number of rotatable bonds is 11. The van der Waals surface area contributed by atoms with Gasteiger partial charge in [0.25, 0.3) is 5.91 Å². The zero-order valence-electron chi connectivity index (χ0n) is 24.8. The second-order valence-corrected chi connectivity index (χ2v) is 11.3. The van der Waals surface area contributed by atoms with Crippen molar-refractivity contribution in [2.24, 2.45) is 17.8 Å². The van der Waals surface area contributed by atoms with Crippen LogP contribution in [0.1, 0.15) is 96.0 Å². The molecule has 11 heteroatoms. The van der Waals surface area contributed by atoms with E-state index in [2.05, 4.69) is 24.1 Å². The number of nitrogens with one attached hydrogen (secondary N) is 1. The van der Waals surface area contributed by atoms with Crippen LogP contribution >= 0.6 is 0 Å². The maximum Gasteiger partial charge on any atom is 0.329 e. The van der Waals surface area contributed by atoms with E-state index in [1.165, 1.54) is 26.3 Å². The number of nitrogens with zero attached hydrogens (tertiary/aromatic N) is 1. The van der Waals surface area contributed by atoms with Crippen LogP contribution in [0.3, 0.4) is 0 Å². The molecule has 1 aliphatic heterocycles. The van der Waals surface area contributed by atoms with Gasteiger partial charge in [-0.3, -0.25) is 14.4 Å². The quantitative estimate of drug-likeness (QED) is 0.230. The van der Waals surface area contributed by atoms with Crippen LogP contribution in [-0.2, 0) is 28.6 Å². The highest BCUT2D eigenvalue weighted by Gasteiger charge is 2.38. The molecule has 0 bridgehead atoms. The fourth-order valence-corrected chi connectivity index (χ4v) is 5.44. The molecule has 11 nitrogen and oxygen atoms in total. The van der Waals surface area contributed by atoms with Crippen LogP contribution in [0.2, 0.25) is 0 Å². The normalized spacial score (nSPS) is 23.5. The van der Waals surface area contributed by atoms with Crippen LogP contribution in [0.5, 0.6) is 11.5 Å². The smallest absolute Gasteiger partial charge is 0.329 e. The number of pyridine rings is 1. The molecule has 228 valence electrons. The summed E-state index contributed by atoms with van der Waals surface area (Å²) in [5.41, 5.74) is -0.129. The molecule has 1 saturated carbocycles. The molecule has 3 rings (SSSR count). The minimum Gasteiger partial charge on any atom is -0.493 e. The van der Waals surface area contributed by atoms with Gasteiger partial charge in [-0.1, -0.05) is 39.5 Å². The molecule has 0 radical (unpaired) electrons. The third-order valence-electron chi connectivity index (χ3n) is 7.71. The van der Waals surface area contributed by atoms with Gasteiger partial charge in [0.1, 0.15) is 18.2 Å². The predicted molar refractivity (Wildman–Crippen MR) is 148 cm³/mol. The van der Waals surface area contributed by atoms with Gasteiger partial charge in [0.2, 0.25) is 6.79 Å². The highest BCUT2D eigenvalue weighted by atomic mass is 16.7. The number of ether oxygens (including phenoxy) is 5. The number of methoxy groups -OCH3 is 1. The molecule has 41 heavy (non-hydrogen) atoms. The first-order valence-electron chi connectivity index (χ1n) is 14.6. The van der Waals surface area contributed by atoms with Crippen molar-refractivity contribution in [3.8, 4) is 11.5 Å². The Kier molecular flexibility index (Phi) is 12.2. The van der Waals surface area contributed by atoms with Crippen molar-refractivity contribution < 1.29 is 42.9 Å². The van der Waals surface area contributed by atoms with Crippen molar-refractivity contribution in [2.45, 2.75) is 104 Å². The molecule has 1 saturated heterocycles. The molecule has 4 unspecified atom stereocenters. The van der Waals surface area contributed by atoms with Gasteiger partial charge in [-0.15, -0.1) is 0 Å². The molecule has 1 aromatic heterocycles. The van der Waals surface area contributed by atoms with Gasteiger partial charge in [-0.25, -0.2) is 9.78 Å². The number of hydrogen-bond acceptors (Lipinski definition) is 10. The van der Waals surface area contributed by atoms with E-state index in [1.807, 2.05) is 0 Å². The van der Waals surface area contributed by atoms with E-state index in [-0.39, 0.29) is 35.0 Å².